The first-order chi connectivity index (χ1) is 10.2. The molecular formula is C17H27N3O. The topological polar surface area (TPSA) is 44.4 Å². The zero-order valence-electron chi connectivity index (χ0n) is 13.2. The summed E-state index contributed by atoms with van der Waals surface area (Å²) in [5.74, 6) is 0.485. The number of para-hydroxylation sites is 1. The average Bonchev–Trinajstić information content (AvgIpc) is 2.53. The molecule has 0 saturated carbocycles. The maximum absolute atomic E-state index is 12.3. The SMILES string of the molecule is CNc1ccccc1C(=O)NCC(C)CN1CCCCC1. The molecule has 1 aliphatic rings. The van der Waals surface area contributed by atoms with E-state index in [0.29, 0.717) is 11.5 Å². The number of carbonyl (C=O) groups is 1. The highest BCUT2D eigenvalue weighted by molar-refractivity contribution is 5.99. The van der Waals surface area contributed by atoms with E-state index in [2.05, 4.69) is 22.5 Å². The molecule has 2 rings (SSSR count). The third-order valence-electron chi connectivity index (χ3n) is 4.07. The number of nitrogens with one attached hydrogen (secondary N) is 2. The number of benzene rings is 1. The summed E-state index contributed by atoms with van der Waals surface area (Å²) < 4.78 is 0. The molecule has 0 bridgehead atoms. The van der Waals surface area contributed by atoms with Crippen LogP contribution in [0.2, 0.25) is 0 Å². The van der Waals surface area contributed by atoms with Crippen molar-refractivity contribution in [3.63, 3.8) is 0 Å². The highest BCUT2D eigenvalue weighted by Crippen LogP contribution is 2.14. The zero-order valence-corrected chi connectivity index (χ0v) is 13.2. The predicted octanol–water partition coefficient (Wildman–Crippen LogP) is 2.58. The van der Waals surface area contributed by atoms with E-state index in [1.807, 2.05) is 31.3 Å². The Balaban J connectivity index is 1.80. The second-order valence-corrected chi connectivity index (χ2v) is 5.97. The zero-order chi connectivity index (χ0) is 15.1. The van der Waals surface area contributed by atoms with Gasteiger partial charge < -0.3 is 15.5 Å². The van der Waals surface area contributed by atoms with Gasteiger partial charge >= 0.3 is 0 Å². The van der Waals surface area contributed by atoms with E-state index in [1.54, 1.807) is 0 Å². The molecule has 0 aromatic heterocycles. The molecule has 2 N–H and O–H groups in total. The summed E-state index contributed by atoms with van der Waals surface area (Å²) in [4.78, 5) is 14.8. The van der Waals surface area contributed by atoms with Crippen molar-refractivity contribution in [2.45, 2.75) is 26.2 Å². The summed E-state index contributed by atoms with van der Waals surface area (Å²) in [6.45, 7) is 6.43. The minimum absolute atomic E-state index is 0.00504. The monoisotopic (exact) mass is 289 g/mol. The van der Waals surface area contributed by atoms with Crippen LogP contribution in [-0.2, 0) is 0 Å². The maximum atomic E-state index is 12.3. The minimum Gasteiger partial charge on any atom is -0.387 e. The molecular weight excluding hydrogens is 262 g/mol. The van der Waals surface area contributed by atoms with Gasteiger partial charge in [-0.25, -0.2) is 0 Å². The van der Waals surface area contributed by atoms with Gasteiger partial charge in [0.2, 0.25) is 0 Å². The van der Waals surface area contributed by atoms with Crippen molar-refractivity contribution in [3.05, 3.63) is 29.8 Å². The predicted molar refractivity (Wildman–Crippen MR) is 87.8 cm³/mol. The van der Waals surface area contributed by atoms with E-state index in [0.717, 1.165) is 18.8 Å². The lowest BCUT2D eigenvalue weighted by atomic mass is 10.1. The standard InChI is InChI=1S/C17H27N3O/c1-14(13-20-10-6-3-7-11-20)12-19-17(21)15-8-4-5-9-16(15)18-2/h4-5,8-9,14,18H,3,6-7,10-13H2,1-2H3,(H,19,21). The molecule has 1 fully saturated rings. The molecule has 1 amide bonds. The highest BCUT2D eigenvalue weighted by Gasteiger charge is 2.15. The van der Waals surface area contributed by atoms with E-state index >= 15 is 0 Å². The van der Waals surface area contributed by atoms with Crippen molar-refractivity contribution in [1.82, 2.24) is 10.2 Å². The van der Waals surface area contributed by atoms with E-state index < -0.39 is 0 Å². The van der Waals surface area contributed by atoms with Crippen LogP contribution in [0.1, 0.15) is 36.5 Å². The van der Waals surface area contributed by atoms with Gasteiger partial charge in [0.25, 0.3) is 5.91 Å². The molecule has 1 saturated heterocycles. The van der Waals surface area contributed by atoms with Crippen LogP contribution in [0.3, 0.4) is 0 Å². The average molecular weight is 289 g/mol. The summed E-state index contributed by atoms with van der Waals surface area (Å²) in [5, 5.41) is 6.12. The van der Waals surface area contributed by atoms with Gasteiger partial charge in [-0.2, -0.15) is 0 Å². The quantitative estimate of drug-likeness (QED) is 0.846. The van der Waals surface area contributed by atoms with E-state index in [4.69, 9.17) is 0 Å². The first-order valence-corrected chi connectivity index (χ1v) is 7.98. The van der Waals surface area contributed by atoms with Crippen molar-refractivity contribution in [1.29, 1.82) is 0 Å². The van der Waals surface area contributed by atoms with Crippen LogP contribution in [0.15, 0.2) is 24.3 Å². The summed E-state index contributed by atoms with van der Waals surface area (Å²) in [6, 6.07) is 7.61. The summed E-state index contributed by atoms with van der Waals surface area (Å²) in [5.41, 5.74) is 1.59. The molecule has 0 spiro atoms. The smallest absolute Gasteiger partial charge is 0.253 e. The van der Waals surface area contributed by atoms with Gasteiger partial charge in [0.05, 0.1) is 5.56 Å². The number of hydrogen-bond acceptors (Lipinski definition) is 3. The van der Waals surface area contributed by atoms with Gasteiger partial charge in [-0.3, -0.25) is 4.79 Å². The molecule has 1 atom stereocenters. The Morgan fingerprint density at radius 1 is 1.24 bits per heavy atom. The second kappa shape index (κ2) is 8.03. The lowest BCUT2D eigenvalue weighted by Gasteiger charge is -2.29. The molecule has 1 unspecified atom stereocenters. The molecule has 0 radical (unpaired) electrons. The number of likely N-dealkylation sites (tertiary alicyclic amines) is 1. The number of rotatable bonds is 6. The van der Waals surface area contributed by atoms with E-state index in [9.17, 15) is 4.79 Å². The number of carbonyl (C=O) groups excluding carboxylic acids is 1. The fraction of sp³-hybridized carbons (Fsp3) is 0.588. The third-order valence-corrected chi connectivity index (χ3v) is 4.07. The lowest BCUT2D eigenvalue weighted by molar-refractivity contribution is 0.0943. The van der Waals surface area contributed by atoms with Gasteiger partial charge in [-0.1, -0.05) is 25.5 Å². The van der Waals surface area contributed by atoms with Crippen LogP contribution < -0.4 is 10.6 Å². The largest absolute Gasteiger partial charge is 0.387 e. The number of nitrogens with zero attached hydrogens (tertiary/aromatic N) is 1. The van der Waals surface area contributed by atoms with Crippen LogP contribution in [0, 0.1) is 5.92 Å². The normalized spacial score (nSPS) is 17.2. The van der Waals surface area contributed by atoms with Crippen molar-refractivity contribution in [3.8, 4) is 0 Å². The van der Waals surface area contributed by atoms with Crippen LogP contribution in [-0.4, -0.2) is 44.0 Å². The fourth-order valence-electron chi connectivity index (χ4n) is 2.91. The van der Waals surface area contributed by atoms with Crippen LogP contribution in [0.4, 0.5) is 5.69 Å². The Labute approximate surface area is 127 Å². The van der Waals surface area contributed by atoms with E-state index in [-0.39, 0.29) is 5.91 Å². The van der Waals surface area contributed by atoms with Crippen molar-refractivity contribution in [2.24, 2.45) is 5.92 Å². The van der Waals surface area contributed by atoms with Crippen molar-refractivity contribution in [2.75, 3.05) is 38.5 Å². The second-order valence-electron chi connectivity index (χ2n) is 5.97. The van der Waals surface area contributed by atoms with Crippen molar-refractivity contribution < 1.29 is 4.79 Å². The summed E-state index contributed by atoms with van der Waals surface area (Å²) in [6.07, 6.45) is 3.99. The Morgan fingerprint density at radius 2 is 1.95 bits per heavy atom. The molecule has 4 nitrogen and oxygen atoms in total. The minimum atomic E-state index is 0.00504. The third kappa shape index (κ3) is 4.74. The summed E-state index contributed by atoms with van der Waals surface area (Å²) >= 11 is 0. The van der Waals surface area contributed by atoms with Crippen LogP contribution >= 0.6 is 0 Å². The van der Waals surface area contributed by atoms with Gasteiger partial charge in [0.1, 0.15) is 0 Å². The number of piperidine rings is 1. The first-order valence-electron chi connectivity index (χ1n) is 7.98. The molecule has 0 aliphatic carbocycles. The van der Waals surface area contributed by atoms with Gasteiger partial charge in [0.15, 0.2) is 0 Å². The van der Waals surface area contributed by atoms with Gasteiger partial charge in [-0.05, 0) is 44.0 Å². The van der Waals surface area contributed by atoms with Gasteiger partial charge in [-0.15, -0.1) is 0 Å². The van der Waals surface area contributed by atoms with Crippen LogP contribution in [0.5, 0.6) is 0 Å². The number of anilines is 1. The summed E-state index contributed by atoms with van der Waals surface area (Å²) in [7, 11) is 1.84. The molecule has 1 aromatic carbocycles. The number of amides is 1. The molecule has 1 heterocycles. The first kappa shape index (κ1) is 15.8. The lowest BCUT2D eigenvalue weighted by Crippen LogP contribution is -2.38. The fourth-order valence-corrected chi connectivity index (χ4v) is 2.91. The Bertz CT molecular complexity index is 455. The number of hydrogen-bond donors (Lipinski definition) is 2. The molecule has 1 aromatic rings. The highest BCUT2D eigenvalue weighted by atomic mass is 16.1. The Hall–Kier alpha value is -1.55. The molecule has 21 heavy (non-hydrogen) atoms. The maximum Gasteiger partial charge on any atom is 0.253 e. The molecule has 1 aliphatic heterocycles. The molecule has 116 valence electrons. The van der Waals surface area contributed by atoms with Crippen molar-refractivity contribution >= 4 is 11.6 Å². The van der Waals surface area contributed by atoms with Gasteiger partial charge in [0, 0.05) is 25.8 Å². The Kier molecular flexibility index (Phi) is 6.05. The van der Waals surface area contributed by atoms with E-state index in [1.165, 1.54) is 32.4 Å². The van der Waals surface area contributed by atoms with Crippen LogP contribution in [0.25, 0.3) is 0 Å². The molecule has 4 heteroatoms. The Morgan fingerprint density at radius 3 is 2.67 bits per heavy atom.